The average Bonchev–Trinajstić information content (AvgIpc) is 3.66. The zero-order valence-electron chi connectivity index (χ0n) is 21.9. The van der Waals surface area contributed by atoms with Gasteiger partial charge in [-0.1, -0.05) is 31.8 Å². The van der Waals surface area contributed by atoms with Crippen LogP contribution in [-0.4, -0.2) is 77.9 Å². The number of carbonyl (C=O) groups excluding carboxylic acids is 1. The van der Waals surface area contributed by atoms with E-state index in [-0.39, 0.29) is 10.8 Å². The SMILES string of the molecule is CCN(CC)S(=O)(=O)c1ccc(C(=O)N2CCN(c3ccc(-c4noc(C5CCCC5)n4)cn3)CC2)cc1. The molecular weight excluding hydrogens is 504 g/mol. The minimum Gasteiger partial charge on any atom is -0.353 e. The van der Waals surface area contributed by atoms with E-state index in [4.69, 9.17) is 4.52 Å². The lowest BCUT2D eigenvalue weighted by Gasteiger charge is -2.35. The molecule has 0 bridgehead atoms. The molecule has 1 aliphatic carbocycles. The van der Waals surface area contributed by atoms with Gasteiger partial charge in [0.05, 0.1) is 4.90 Å². The number of carbonyl (C=O) groups is 1. The Kier molecular flexibility index (Phi) is 7.75. The van der Waals surface area contributed by atoms with Gasteiger partial charge in [0.2, 0.25) is 21.7 Å². The molecule has 0 unspecified atom stereocenters. The van der Waals surface area contributed by atoms with Crippen LogP contribution in [0.25, 0.3) is 11.4 Å². The van der Waals surface area contributed by atoms with Gasteiger partial charge in [-0.3, -0.25) is 4.79 Å². The van der Waals surface area contributed by atoms with Gasteiger partial charge in [0.15, 0.2) is 0 Å². The second-order valence-corrected chi connectivity index (χ2v) is 11.7. The maximum absolute atomic E-state index is 13.1. The quantitative estimate of drug-likeness (QED) is 0.426. The number of rotatable bonds is 8. The summed E-state index contributed by atoms with van der Waals surface area (Å²) in [5.41, 5.74) is 1.30. The maximum Gasteiger partial charge on any atom is 0.253 e. The molecule has 11 heteroatoms. The predicted octanol–water partition coefficient (Wildman–Crippen LogP) is 3.78. The van der Waals surface area contributed by atoms with Gasteiger partial charge in [0.25, 0.3) is 5.91 Å². The molecule has 2 aliphatic rings. The molecule has 1 aromatic carbocycles. The third-order valence-corrected chi connectivity index (χ3v) is 9.55. The van der Waals surface area contributed by atoms with Gasteiger partial charge < -0.3 is 14.3 Å². The van der Waals surface area contributed by atoms with E-state index in [1.807, 2.05) is 26.0 Å². The van der Waals surface area contributed by atoms with Gasteiger partial charge in [0.1, 0.15) is 5.82 Å². The fourth-order valence-electron chi connectivity index (χ4n) is 5.20. The number of sulfonamides is 1. The summed E-state index contributed by atoms with van der Waals surface area (Å²) in [5, 5.41) is 4.15. The highest BCUT2D eigenvalue weighted by molar-refractivity contribution is 7.89. The fourth-order valence-corrected chi connectivity index (χ4v) is 6.66. The molecule has 1 aliphatic heterocycles. The molecule has 2 fully saturated rings. The van der Waals surface area contributed by atoms with Gasteiger partial charge in [-0.2, -0.15) is 9.29 Å². The molecule has 2 aromatic heterocycles. The lowest BCUT2D eigenvalue weighted by molar-refractivity contribution is 0.0746. The molecule has 3 heterocycles. The Balaban J connectivity index is 1.18. The molecule has 0 N–H and O–H groups in total. The largest absolute Gasteiger partial charge is 0.353 e. The summed E-state index contributed by atoms with van der Waals surface area (Å²) in [4.78, 5) is 26.4. The van der Waals surface area contributed by atoms with Crippen molar-refractivity contribution >= 4 is 21.7 Å². The molecule has 202 valence electrons. The number of benzene rings is 1. The lowest BCUT2D eigenvalue weighted by atomic mass is 10.1. The van der Waals surface area contributed by atoms with E-state index in [1.165, 1.54) is 29.3 Å². The topological polar surface area (TPSA) is 113 Å². The van der Waals surface area contributed by atoms with Crippen LogP contribution < -0.4 is 4.90 Å². The van der Waals surface area contributed by atoms with Crippen molar-refractivity contribution in [2.75, 3.05) is 44.2 Å². The minimum absolute atomic E-state index is 0.102. The first-order valence-electron chi connectivity index (χ1n) is 13.3. The molecule has 38 heavy (non-hydrogen) atoms. The zero-order valence-corrected chi connectivity index (χ0v) is 22.7. The van der Waals surface area contributed by atoms with Crippen LogP contribution in [0.3, 0.4) is 0 Å². The molecule has 1 saturated carbocycles. The van der Waals surface area contributed by atoms with E-state index >= 15 is 0 Å². The van der Waals surface area contributed by atoms with Crippen LogP contribution in [0.5, 0.6) is 0 Å². The number of hydrogen-bond donors (Lipinski definition) is 0. The van der Waals surface area contributed by atoms with Gasteiger partial charge in [-0.05, 0) is 49.2 Å². The standard InChI is InChI=1S/C27H34N6O4S/c1-3-33(4-2)38(35,36)23-12-9-21(10-13-23)27(34)32-17-15-31(16-18-32)24-14-11-22(19-28-24)25-29-26(37-30-25)20-7-5-6-8-20/h9-14,19-20H,3-8,15-18H2,1-2H3. The van der Waals surface area contributed by atoms with Crippen molar-refractivity contribution in [1.82, 2.24) is 24.3 Å². The molecule has 0 radical (unpaired) electrons. The van der Waals surface area contributed by atoms with E-state index in [2.05, 4.69) is 20.0 Å². The van der Waals surface area contributed by atoms with Crippen molar-refractivity contribution in [3.63, 3.8) is 0 Å². The monoisotopic (exact) mass is 538 g/mol. The molecule has 0 spiro atoms. The second kappa shape index (κ2) is 11.2. The van der Waals surface area contributed by atoms with Gasteiger partial charge in [-0.25, -0.2) is 13.4 Å². The molecule has 10 nitrogen and oxygen atoms in total. The van der Waals surface area contributed by atoms with Crippen molar-refractivity contribution in [3.05, 3.63) is 54.0 Å². The molecule has 3 aromatic rings. The van der Waals surface area contributed by atoms with Gasteiger partial charge >= 0.3 is 0 Å². The zero-order chi connectivity index (χ0) is 26.7. The summed E-state index contributed by atoms with van der Waals surface area (Å²) in [7, 11) is -3.55. The minimum atomic E-state index is -3.55. The van der Waals surface area contributed by atoms with Crippen LogP contribution in [0, 0.1) is 0 Å². The Morgan fingerprint density at radius 2 is 1.68 bits per heavy atom. The summed E-state index contributed by atoms with van der Waals surface area (Å²) < 4.78 is 32.3. The summed E-state index contributed by atoms with van der Waals surface area (Å²) in [6.07, 6.45) is 6.41. The Labute approximate surface area is 223 Å². The van der Waals surface area contributed by atoms with Crippen molar-refractivity contribution < 1.29 is 17.7 Å². The highest BCUT2D eigenvalue weighted by Gasteiger charge is 2.26. The summed E-state index contributed by atoms with van der Waals surface area (Å²) in [6, 6.07) is 10.1. The first-order valence-corrected chi connectivity index (χ1v) is 14.8. The highest BCUT2D eigenvalue weighted by atomic mass is 32.2. The molecule has 0 atom stereocenters. The third kappa shape index (κ3) is 5.30. The Bertz CT molecular complexity index is 1340. The Morgan fingerprint density at radius 1 is 1.00 bits per heavy atom. The van der Waals surface area contributed by atoms with Crippen molar-refractivity contribution in [2.45, 2.75) is 50.3 Å². The van der Waals surface area contributed by atoms with Gasteiger partial charge in [0, 0.05) is 62.5 Å². The smallest absolute Gasteiger partial charge is 0.253 e. The first-order chi connectivity index (χ1) is 18.4. The predicted molar refractivity (Wildman–Crippen MR) is 143 cm³/mol. The van der Waals surface area contributed by atoms with Crippen molar-refractivity contribution in [2.24, 2.45) is 0 Å². The summed E-state index contributed by atoms with van der Waals surface area (Å²) in [6.45, 7) is 6.83. The van der Waals surface area contributed by atoms with Crippen molar-refractivity contribution in [3.8, 4) is 11.4 Å². The lowest BCUT2D eigenvalue weighted by Crippen LogP contribution is -2.49. The molecule has 1 saturated heterocycles. The van der Waals surface area contributed by atoms with Crippen LogP contribution in [0.1, 0.15) is 61.7 Å². The number of piperazine rings is 1. The van der Waals surface area contributed by atoms with Crippen LogP contribution in [-0.2, 0) is 10.0 Å². The number of anilines is 1. The summed E-state index contributed by atoms with van der Waals surface area (Å²) in [5.74, 6) is 2.40. The molecule has 5 rings (SSSR count). The normalized spacial score (nSPS) is 16.9. The third-order valence-electron chi connectivity index (χ3n) is 7.49. The van der Waals surface area contributed by atoms with Crippen molar-refractivity contribution in [1.29, 1.82) is 0 Å². The molecular formula is C27H34N6O4S. The van der Waals surface area contributed by atoms with Crippen LogP contribution in [0.4, 0.5) is 5.82 Å². The van der Waals surface area contributed by atoms with Crippen LogP contribution in [0.2, 0.25) is 0 Å². The first kappa shape index (κ1) is 26.3. The summed E-state index contributed by atoms with van der Waals surface area (Å²) >= 11 is 0. The number of hydrogen-bond acceptors (Lipinski definition) is 8. The number of amides is 1. The van der Waals surface area contributed by atoms with Crippen LogP contribution in [0.15, 0.2) is 52.0 Å². The van der Waals surface area contributed by atoms with E-state index in [0.717, 1.165) is 30.1 Å². The number of nitrogens with zero attached hydrogens (tertiary/aromatic N) is 6. The maximum atomic E-state index is 13.1. The Hall–Kier alpha value is -3.31. The van der Waals surface area contributed by atoms with E-state index in [9.17, 15) is 13.2 Å². The van der Waals surface area contributed by atoms with E-state index < -0.39 is 10.0 Å². The average molecular weight is 539 g/mol. The Morgan fingerprint density at radius 3 is 2.29 bits per heavy atom. The van der Waals surface area contributed by atoms with E-state index in [1.54, 1.807) is 23.2 Å². The highest BCUT2D eigenvalue weighted by Crippen LogP contribution is 2.34. The second-order valence-electron chi connectivity index (χ2n) is 9.74. The van der Waals surface area contributed by atoms with Crippen LogP contribution >= 0.6 is 0 Å². The number of aromatic nitrogens is 3. The molecule has 1 amide bonds. The number of pyridine rings is 1. The fraction of sp³-hybridized carbons (Fsp3) is 0.481. The van der Waals surface area contributed by atoms with E-state index in [0.29, 0.717) is 56.6 Å². The van der Waals surface area contributed by atoms with Gasteiger partial charge in [-0.15, -0.1) is 0 Å².